The molecule has 1 saturated carbocycles. The van der Waals surface area contributed by atoms with E-state index in [2.05, 4.69) is 10.0 Å². The summed E-state index contributed by atoms with van der Waals surface area (Å²) in [5, 5.41) is 11.8. The van der Waals surface area contributed by atoms with Gasteiger partial charge in [0, 0.05) is 12.2 Å². The van der Waals surface area contributed by atoms with Crippen LogP contribution >= 0.6 is 11.3 Å². The van der Waals surface area contributed by atoms with E-state index in [1.54, 1.807) is 29.6 Å². The van der Waals surface area contributed by atoms with E-state index in [1.165, 1.54) is 11.3 Å². The Labute approximate surface area is 181 Å². The number of carbonyl (C=O) groups is 2. The Morgan fingerprint density at radius 1 is 1.16 bits per heavy atom. The molecule has 1 aromatic carbocycles. The van der Waals surface area contributed by atoms with E-state index in [9.17, 15) is 26.4 Å². The second-order valence-corrected chi connectivity index (χ2v) is 9.61. The van der Waals surface area contributed by atoms with E-state index >= 15 is 0 Å². The molecule has 0 unspecified atom stereocenters. The molecular formula is C19H21F3N2O5S2. The molecule has 1 heterocycles. The van der Waals surface area contributed by atoms with Crippen LogP contribution in [0.15, 0.2) is 46.0 Å². The largest absolute Gasteiger partial charge is 0.490 e. The molecule has 1 amide bonds. The molecule has 0 spiro atoms. The molecule has 0 aliphatic heterocycles. The number of carboxylic acid groups (broad SMARTS) is 1. The first-order valence-electron chi connectivity index (χ1n) is 9.17. The minimum Gasteiger partial charge on any atom is -0.475 e. The number of rotatable bonds is 7. The fourth-order valence-electron chi connectivity index (χ4n) is 2.66. The molecule has 12 heteroatoms. The SMILES string of the molecule is CCCNC(=O)C1(c2ccc(NS(=O)(=O)c3cccs3)cc2)CC1.O=C(O)C(F)(F)F. The van der Waals surface area contributed by atoms with Crippen molar-refractivity contribution in [2.24, 2.45) is 0 Å². The van der Waals surface area contributed by atoms with Gasteiger partial charge in [0.15, 0.2) is 0 Å². The third-order valence-electron chi connectivity index (χ3n) is 4.41. The summed E-state index contributed by atoms with van der Waals surface area (Å²) in [5.41, 5.74) is 1.01. The molecule has 3 N–H and O–H groups in total. The third-order valence-corrected chi connectivity index (χ3v) is 7.19. The fraction of sp³-hybridized carbons (Fsp3) is 0.368. The van der Waals surface area contributed by atoms with Gasteiger partial charge in [0.25, 0.3) is 10.0 Å². The smallest absolute Gasteiger partial charge is 0.475 e. The van der Waals surface area contributed by atoms with Crippen LogP contribution in [0.5, 0.6) is 0 Å². The van der Waals surface area contributed by atoms with Gasteiger partial charge in [-0.05, 0) is 48.4 Å². The van der Waals surface area contributed by atoms with Crippen LogP contribution in [0.3, 0.4) is 0 Å². The first-order chi connectivity index (χ1) is 14.4. The molecule has 0 atom stereocenters. The molecule has 3 rings (SSSR count). The lowest BCUT2D eigenvalue weighted by molar-refractivity contribution is -0.192. The first kappa shape index (κ1) is 24.7. The molecule has 2 aromatic rings. The summed E-state index contributed by atoms with van der Waals surface area (Å²) in [6.07, 6.45) is -2.50. The van der Waals surface area contributed by atoms with E-state index in [4.69, 9.17) is 9.90 Å². The summed E-state index contributed by atoms with van der Waals surface area (Å²) in [4.78, 5) is 21.2. The Bertz CT molecular complexity index is 1000. The number of anilines is 1. The Hall–Kier alpha value is -2.60. The van der Waals surface area contributed by atoms with E-state index in [1.807, 2.05) is 19.1 Å². The molecule has 0 bridgehead atoms. The maximum atomic E-state index is 12.3. The summed E-state index contributed by atoms with van der Waals surface area (Å²) in [6.45, 7) is 2.70. The zero-order valence-electron chi connectivity index (χ0n) is 16.4. The monoisotopic (exact) mass is 478 g/mol. The standard InChI is InChI=1S/C17H20N2O3S2.C2HF3O2/c1-2-11-18-16(20)17(9-10-17)13-5-7-14(8-6-13)19-24(21,22)15-4-3-12-23-15;3-2(4,5)1(6)7/h3-8,12,19H,2,9-11H2,1H3,(H,18,20);(H,6,7). The van der Waals surface area contributed by atoms with Crippen molar-refractivity contribution in [1.29, 1.82) is 0 Å². The van der Waals surface area contributed by atoms with Crippen LogP contribution in [0.1, 0.15) is 31.7 Å². The van der Waals surface area contributed by atoms with Crippen molar-refractivity contribution in [3.63, 3.8) is 0 Å². The number of alkyl halides is 3. The normalized spacial score (nSPS) is 14.7. The van der Waals surface area contributed by atoms with Gasteiger partial charge in [-0.1, -0.05) is 25.1 Å². The highest BCUT2D eigenvalue weighted by Crippen LogP contribution is 2.48. The summed E-state index contributed by atoms with van der Waals surface area (Å²) in [6, 6.07) is 10.4. The molecule has 170 valence electrons. The van der Waals surface area contributed by atoms with Gasteiger partial charge in [0.05, 0.1) is 5.41 Å². The number of hydrogen-bond donors (Lipinski definition) is 3. The lowest BCUT2D eigenvalue weighted by Crippen LogP contribution is -2.35. The highest BCUT2D eigenvalue weighted by Gasteiger charge is 2.50. The van der Waals surface area contributed by atoms with Crippen molar-refractivity contribution in [1.82, 2.24) is 5.32 Å². The van der Waals surface area contributed by atoms with Crippen LogP contribution in [0.4, 0.5) is 18.9 Å². The number of nitrogens with one attached hydrogen (secondary N) is 2. The van der Waals surface area contributed by atoms with Crippen molar-refractivity contribution in [3.8, 4) is 0 Å². The van der Waals surface area contributed by atoms with Gasteiger partial charge in [0.1, 0.15) is 4.21 Å². The molecule has 1 fully saturated rings. The summed E-state index contributed by atoms with van der Waals surface area (Å²) < 4.78 is 59.0. The number of halogens is 3. The summed E-state index contributed by atoms with van der Waals surface area (Å²) >= 11 is 1.17. The van der Waals surface area contributed by atoms with Gasteiger partial charge in [-0.3, -0.25) is 9.52 Å². The van der Waals surface area contributed by atoms with Crippen LogP contribution in [-0.2, 0) is 25.0 Å². The van der Waals surface area contributed by atoms with Crippen molar-refractivity contribution >= 4 is 38.9 Å². The highest BCUT2D eigenvalue weighted by atomic mass is 32.2. The zero-order chi connectivity index (χ0) is 23.3. The fourth-order valence-corrected chi connectivity index (χ4v) is 4.71. The predicted molar refractivity (Wildman–Crippen MR) is 109 cm³/mol. The van der Waals surface area contributed by atoms with Crippen molar-refractivity contribution in [2.45, 2.75) is 42.0 Å². The second kappa shape index (κ2) is 9.69. The lowest BCUT2D eigenvalue weighted by Gasteiger charge is -2.16. The number of carboxylic acids is 1. The molecule has 0 radical (unpaired) electrons. The Kier molecular flexibility index (Phi) is 7.71. The predicted octanol–water partition coefficient (Wildman–Crippen LogP) is 3.74. The number of amides is 1. The van der Waals surface area contributed by atoms with E-state index in [-0.39, 0.29) is 10.1 Å². The molecule has 1 aliphatic rings. The van der Waals surface area contributed by atoms with Gasteiger partial charge in [-0.25, -0.2) is 13.2 Å². The van der Waals surface area contributed by atoms with Crippen LogP contribution in [0.25, 0.3) is 0 Å². The number of sulfonamides is 1. The molecule has 7 nitrogen and oxygen atoms in total. The van der Waals surface area contributed by atoms with Crippen LogP contribution in [0, 0.1) is 0 Å². The third kappa shape index (κ3) is 6.44. The number of aliphatic carboxylic acids is 1. The van der Waals surface area contributed by atoms with Crippen LogP contribution < -0.4 is 10.0 Å². The second-order valence-electron chi connectivity index (χ2n) is 6.76. The average molecular weight is 479 g/mol. The van der Waals surface area contributed by atoms with Crippen molar-refractivity contribution < 1.29 is 36.3 Å². The molecule has 31 heavy (non-hydrogen) atoms. The van der Waals surface area contributed by atoms with Crippen molar-refractivity contribution in [2.75, 3.05) is 11.3 Å². The van der Waals surface area contributed by atoms with E-state index in [0.29, 0.717) is 12.2 Å². The topological polar surface area (TPSA) is 113 Å². The molecule has 1 aromatic heterocycles. The van der Waals surface area contributed by atoms with Gasteiger partial charge in [-0.15, -0.1) is 11.3 Å². The molecule has 0 saturated heterocycles. The summed E-state index contributed by atoms with van der Waals surface area (Å²) in [7, 11) is -3.54. The van der Waals surface area contributed by atoms with E-state index in [0.717, 1.165) is 24.8 Å². The molecular weight excluding hydrogens is 457 g/mol. The quantitative estimate of drug-likeness (QED) is 0.561. The van der Waals surface area contributed by atoms with Gasteiger partial charge >= 0.3 is 12.1 Å². The highest BCUT2D eigenvalue weighted by molar-refractivity contribution is 7.94. The van der Waals surface area contributed by atoms with Crippen LogP contribution in [0.2, 0.25) is 0 Å². The molecule has 1 aliphatic carbocycles. The minimum atomic E-state index is -5.08. The van der Waals surface area contributed by atoms with Gasteiger partial charge in [-0.2, -0.15) is 13.2 Å². The van der Waals surface area contributed by atoms with Crippen molar-refractivity contribution in [3.05, 3.63) is 47.3 Å². The Balaban J connectivity index is 0.000000423. The number of hydrogen-bond acceptors (Lipinski definition) is 5. The lowest BCUT2D eigenvalue weighted by atomic mass is 9.95. The van der Waals surface area contributed by atoms with Gasteiger partial charge < -0.3 is 10.4 Å². The number of carbonyl (C=O) groups excluding carboxylic acids is 1. The van der Waals surface area contributed by atoms with Gasteiger partial charge in [0.2, 0.25) is 5.91 Å². The summed E-state index contributed by atoms with van der Waals surface area (Å²) in [5.74, 6) is -2.69. The Morgan fingerprint density at radius 3 is 2.16 bits per heavy atom. The maximum absolute atomic E-state index is 12.3. The minimum absolute atomic E-state index is 0.0660. The Morgan fingerprint density at radius 2 is 1.74 bits per heavy atom. The van der Waals surface area contributed by atoms with E-state index < -0.39 is 27.6 Å². The number of benzene rings is 1. The number of thiophene rings is 1. The van der Waals surface area contributed by atoms with Crippen LogP contribution in [-0.4, -0.2) is 38.1 Å². The average Bonchev–Trinajstić information content (AvgIpc) is 3.30. The zero-order valence-corrected chi connectivity index (χ0v) is 18.0. The first-order valence-corrected chi connectivity index (χ1v) is 11.5. The maximum Gasteiger partial charge on any atom is 0.490 e.